The van der Waals surface area contributed by atoms with Crippen LogP contribution in [0.3, 0.4) is 0 Å². The molecule has 1 saturated heterocycles. The zero-order chi connectivity index (χ0) is 14.2. The molecule has 1 aliphatic heterocycles. The van der Waals surface area contributed by atoms with E-state index in [1.54, 1.807) is 18.1 Å². The standard InChI is InChI=1S/C16H25FN2O/c1-20-9-7-18-11-15-5-3-8-19(13-15)12-14-4-2-6-16(17)10-14/h2,4,6,10,15,18H,3,5,7-9,11-13H2,1H3/p+2. The van der Waals surface area contributed by atoms with Crippen molar-refractivity contribution in [2.45, 2.75) is 19.4 Å². The minimum atomic E-state index is -0.122. The number of rotatable bonds is 7. The van der Waals surface area contributed by atoms with Crippen molar-refractivity contribution in [2.24, 2.45) is 5.92 Å². The summed E-state index contributed by atoms with van der Waals surface area (Å²) in [6.07, 6.45) is 2.61. The highest BCUT2D eigenvalue weighted by atomic mass is 19.1. The van der Waals surface area contributed by atoms with Crippen molar-refractivity contribution in [3.05, 3.63) is 35.6 Å². The van der Waals surface area contributed by atoms with Crippen molar-refractivity contribution < 1.29 is 19.3 Å². The van der Waals surface area contributed by atoms with E-state index in [-0.39, 0.29) is 5.82 Å². The van der Waals surface area contributed by atoms with E-state index in [9.17, 15) is 4.39 Å². The molecule has 1 aromatic carbocycles. The Morgan fingerprint density at radius 1 is 1.45 bits per heavy atom. The first-order valence-corrected chi connectivity index (χ1v) is 7.66. The third-order valence-electron chi connectivity index (χ3n) is 4.09. The van der Waals surface area contributed by atoms with Gasteiger partial charge in [-0.05, 0) is 25.0 Å². The second-order valence-corrected chi connectivity index (χ2v) is 5.82. The molecule has 112 valence electrons. The first kappa shape index (κ1) is 15.4. The van der Waals surface area contributed by atoms with E-state index in [1.807, 2.05) is 12.1 Å². The Bertz CT molecular complexity index is 400. The Hall–Kier alpha value is -0.970. The molecule has 0 aliphatic carbocycles. The summed E-state index contributed by atoms with van der Waals surface area (Å²) in [6, 6.07) is 7.03. The van der Waals surface area contributed by atoms with Gasteiger partial charge in [-0.15, -0.1) is 0 Å². The predicted octanol–water partition coefficient (Wildman–Crippen LogP) is -0.170. The molecule has 0 spiro atoms. The Balaban J connectivity index is 1.75. The van der Waals surface area contributed by atoms with E-state index in [0.717, 1.165) is 31.2 Å². The maximum Gasteiger partial charge on any atom is 0.123 e. The molecule has 0 amide bonds. The Morgan fingerprint density at radius 3 is 3.15 bits per heavy atom. The average molecular weight is 282 g/mol. The molecule has 0 aromatic heterocycles. The van der Waals surface area contributed by atoms with Gasteiger partial charge in [0.15, 0.2) is 0 Å². The van der Waals surface area contributed by atoms with Gasteiger partial charge in [0, 0.05) is 12.7 Å². The quantitative estimate of drug-likeness (QED) is 0.668. The summed E-state index contributed by atoms with van der Waals surface area (Å²) in [6.45, 7) is 6.44. The minimum Gasteiger partial charge on any atom is -0.379 e. The largest absolute Gasteiger partial charge is 0.379 e. The normalized spacial score (nSPS) is 22.9. The summed E-state index contributed by atoms with van der Waals surface area (Å²) >= 11 is 0. The van der Waals surface area contributed by atoms with E-state index >= 15 is 0 Å². The first-order valence-electron chi connectivity index (χ1n) is 7.66. The van der Waals surface area contributed by atoms with Crippen LogP contribution in [-0.4, -0.2) is 39.9 Å². The third kappa shape index (κ3) is 5.19. The highest BCUT2D eigenvalue weighted by molar-refractivity contribution is 5.14. The second-order valence-electron chi connectivity index (χ2n) is 5.82. The van der Waals surface area contributed by atoms with Gasteiger partial charge in [-0.2, -0.15) is 0 Å². The van der Waals surface area contributed by atoms with Crippen LogP contribution in [0.1, 0.15) is 18.4 Å². The number of ether oxygens (including phenoxy) is 1. The Morgan fingerprint density at radius 2 is 2.35 bits per heavy atom. The third-order valence-corrected chi connectivity index (χ3v) is 4.09. The summed E-state index contributed by atoms with van der Waals surface area (Å²) in [7, 11) is 1.75. The number of benzene rings is 1. The molecule has 2 atom stereocenters. The van der Waals surface area contributed by atoms with Crippen LogP contribution in [0.5, 0.6) is 0 Å². The lowest BCUT2D eigenvalue weighted by atomic mass is 9.97. The van der Waals surface area contributed by atoms with E-state index < -0.39 is 0 Å². The number of nitrogens with two attached hydrogens (primary N) is 1. The topological polar surface area (TPSA) is 30.3 Å². The van der Waals surface area contributed by atoms with Gasteiger partial charge in [0.05, 0.1) is 38.7 Å². The van der Waals surface area contributed by atoms with Gasteiger partial charge in [0.25, 0.3) is 0 Å². The zero-order valence-corrected chi connectivity index (χ0v) is 12.4. The lowest BCUT2D eigenvalue weighted by Crippen LogP contribution is -3.13. The molecule has 0 saturated carbocycles. The van der Waals surface area contributed by atoms with Crippen molar-refractivity contribution in [1.82, 2.24) is 0 Å². The maximum atomic E-state index is 13.2. The van der Waals surface area contributed by atoms with Gasteiger partial charge >= 0.3 is 0 Å². The van der Waals surface area contributed by atoms with Crippen molar-refractivity contribution in [3.8, 4) is 0 Å². The summed E-state index contributed by atoms with van der Waals surface area (Å²) in [5.74, 6) is 0.660. The van der Waals surface area contributed by atoms with Gasteiger partial charge in [-0.25, -0.2) is 4.39 Å². The molecule has 4 heteroatoms. The summed E-state index contributed by atoms with van der Waals surface area (Å²) in [4.78, 5) is 1.59. The summed E-state index contributed by atoms with van der Waals surface area (Å²) in [5, 5.41) is 2.36. The molecule has 2 unspecified atom stereocenters. The van der Waals surface area contributed by atoms with Gasteiger partial charge in [0.2, 0.25) is 0 Å². The number of hydrogen-bond donors (Lipinski definition) is 2. The molecule has 1 heterocycles. The predicted molar refractivity (Wildman–Crippen MR) is 77.1 cm³/mol. The van der Waals surface area contributed by atoms with Crippen molar-refractivity contribution in [3.63, 3.8) is 0 Å². The smallest absolute Gasteiger partial charge is 0.123 e. The second kappa shape index (κ2) is 8.35. The molecule has 20 heavy (non-hydrogen) atoms. The van der Waals surface area contributed by atoms with E-state index in [4.69, 9.17) is 4.74 Å². The maximum absolute atomic E-state index is 13.2. The van der Waals surface area contributed by atoms with Crippen LogP contribution in [0.15, 0.2) is 24.3 Å². The molecule has 1 fully saturated rings. The number of methoxy groups -OCH3 is 1. The number of piperidine rings is 1. The van der Waals surface area contributed by atoms with Crippen LogP contribution in [-0.2, 0) is 11.3 Å². The van der Waals surface area contributed by atoms with E-state index in [1.165, 1.54) is 38.5 Å². The highest BCUT2D eigenvalue weighted by Crippen LogP contribution is 2.06. The number of halogens is 1. The van der Waals surface area contributed by atoms with Crippen LogP contribution in [0.4, 0.5) is 4.39 Å². The monoisotopic (exact) mass is 282 g/mol. The van der Waals surface area contributed by atoms with Crippen molar-refractivity contribution in [1.29, 1.82) is 0 Å². The van der Waals surface area contributed by atoms with Crippen LogP contribution in [0.2, 0.25) is 0 Å². The zero-order valence-electron chi connectivity index (χ0n) is 12.4. The molecule has 3 nitrogen and oxygen atoms in total. The number of hydrogen-bond acceptors (Lipinski definition) is 1. The van der Waals surface area contributed by atoms with Crippen molar-refractivity contribution in [2.75, 3.05) is 39.9 Å². The Labute approximate surface area is 121 Å². The molecule has 0 radical (unpaired) electrons. The molecule has 2 rings (SSSR count). The fraction of sp³-hybridized carbons (Fsp3) is 0.625. The fourth-order valence-corrected chi connectivity index (χ4v) is 3.11. The van der Waals surface area contributed by atoms with Gasteiger partial charge in [-0.1, -0.05) is 12.1 Å². The molecular formula is C16H27FN2O+2. The van der Waals surface area contributed by atoms with E-state index in [0.29, 0.717) is 0 Å². The highest BCUT2D eigenvalue weighted by Gasteiger charge is 2.24. The first-order chi connectivity index (χ1) is 9.78. The Kier molecular flexibility index (Phi) is 6.43. The number of nitrogens with one attached hydrogen (secondary N) is 1. The lowest BCUT2D eigenvalue weighted by Gasteiger charge is -2.29. The average Bonchev–Trinajstić information content (AvgIpc) is 2.44. The fourth-order valence-electron chi connectivity index (χ4n) is 3.11. The van der Waals surface area contributed by atoms with Crippen LogP contribution < -0.4 is 10.2 Å². The number of quaternary nitrogens is 2. The van der Waals surface area contributed by atoms with E-state index in [2.05, 4.69) is 5.32 Å². The molecular weight excluding hydrogens is 255 g/mol. The van der Waals surface area contributed by atoms with Gasteiger partial charge in [-0.3, -0.25) is 0 Å². The van der Waals surface area contributed by atoms with Gasteiger partial charge in [0.1, 0.15) is 12.4 Å². The molecule has 0 bridgehead atoms. The summed E-state index contributed by atoms with van der Waals surface area (Å²) < 4.78 is 18.3. The van der Waals surface area contributed by atoms with Crippen LogP contribution in [0.25, 0.3) is 0 Å². The van der Waals surface area contributed by atoms with Crippen molar-refractivity contribution >= 4 is 0 Å². The SMILES string of the molecule is COCC[NH2+]CC1CCC[NH+](Cc2cccc(F)c2)C1. The van der Waals surface area contributed by atoms with Crippen LogP contribution >= 0.6 is 0 Å². The molecule has 3 N–H and O–H groups in total. The summed E-state index contributed by atoms with van der Waals surface area (Å²) in [5.41, 5.74) is 1.11. The molecule has 1 aliphatic rings. The van der Waals surface area contributed by atoms with Crippen LogP contribution in [0, 0.1) is 11.7 Å². The van der Waals surface area contributed by atoms with Gasteiger partial charge < -0.3 is 15.0 Å². The minimum absolute atomic E-state index is 0.122. The number of likely N-dealkylation sites (tertiary alicyclic amines) is 1. The molecule has 1 aromatic rings. The lowest BCUT2D eigenvalue weighted by molar-refractivity contribution is -0.924.